The molecule has 0 amide bonds. The van der Waals surface area contributed by atoms with Crippen LogP contribution in [0.3, 0.4) is 0 Å². The van der Waals surface area contributed by atoms with Gasteiger partial charge in [0.05, 0.1) is 19.3 Å². The molecule has 3 atom stereocenters. The van der Waals surface area contributed by atoms with Crippen molar-refractivity contribution in [2.24, 2.45) is 0 Å². The molecule has 0 bridgehead atoms. The summed E-state index contributed by atoms with van der Waals surface area (Å²) < 4.78 is 106. The van der Waals surface area contributed by atoms with E-state index in [1.54, 1.807) is 0 Å². The zero-order chi connectivity index (χ0) is 17.2. The number of ether oxygens (including phenoxy) is 1. The largest absolute Gasteiger partial charge is 0.397 e. The van der Waals surface area contributed by atoms with Crippen LogP contribution >= 0.6 is 0 Å². The Bertz CT molecular complexity index is 675. The first-order valence-electron chi connectivity index (χ1n) is 5.30. The van der Waals surface area contributed by atoms with Gasteiger partial charge in [0.2, 0.25) is 0 Å². The van der Waals surface area contributed by atoms with Crippen LogP contribution in [0.2, 0.25) is 0 Å². The van der Waals surface area contributed by atoms with Gasteiger partial charge in [-0.25, -0.2) is 12.5 Å². The van der Waals surface area contributed by atoms with Crippen molar-refractivity contribution < 1.29 is 56.2 Å². The maximum Gasteiger partial charge on any atom is 0.397 e. The Balaban J connectivity index is 2.79. The number of rotatable bonds is 7. The average molecular weight is 388 g/mol. The first kappa shape index (κ1) is 19.6. The molecule has 132 valence electrons. The third-order valence-corrected chi connectivity index (χ3v) is 3.71. The van der Waals surface area contributed by atoms with Crippen LogP contribution in [0.15, 0.2) is 0 Å². The molecule has 0 saturated carbocycles. The summed E-state index contributed by atoms with van der Waals surface area (Å²) in [6.07, 6.45) is -4.87. The second-order valence-electron chi connectivity index (χ2n) is 4.03. The van der Waals surface area contributed by atoms with Crippen molar-refractivity contribution >= 4 is 31.2 Å². The first-order chi connectivity index (χ1) is 9.75. The molecule has 0 aromatic carbocycles. The smallest absolute Gasteiger partial charge is 0.373 e. The summed E-state index contributed by atoms with van der Waals surface area (Å²) in [5.41, 5.74) is 0. The SMILES string of the molecule is O=S(=O)(O)OCC1CC(OS(=O)(=O)O)C(OS(=O)(=O)O)CO1. The van der Waals surface area contributed by atoms with Gasteiger partial charge in [-0.15, -0.1) is 0 Å². The summed E-state index contributed by atoms with van der Waals surface area (Å²) in [6, 6.07) is 0. The Morgan fingerprint density at radius 3 is 1.82 bits per heavy atom. The van der Waals surface area contributed by atoms with E-state index in [4.69, 9.17) is 18.4 Å². The van der Waals surface area contributed by atoms with Crippen LogP contribution < -0.4 is 0 Å². The molecule has 1 fully saturated rings. The Hall–Kier alpha value is -0.430. The fourth-order valence-corrected chi connectivity index (χ4v) is 2.93. The summed E-state index contributed by atoms with van der Waals surface area (Å²) >= 11 is 0. The molecular weight excluding hydrogens is 376 g/mol. The lowest BCUT2D eigenvalue weighted by atomic mass is 10.0. The average Bonchev–Trinajstić information content (AvgIpc) is 2.24. The Labute approximate surface area is 126 Å². The van der Waals surface area contributed by atoms with Crippen LogP contribution in [-0.4, -0.2) is 70.4 Å². The summed E-state index contributed by atoms with van der Waals surface area (Å²) in [6.45, 7) is -1.37. The van der Waals surface area contributed by atoms with E-state index >= 15 is 0 Å². The van der Waals surface area contributed by atoms with Crippen molar-refractivity contribution in [3.05, 3.63) is 0 Å². The Morgan fingerprint density at radius 1 is 0.864 bits per heavy atom. The third-order valence-electron chi connectivity index (χ3n) is 2.30. The highest BCUT2D eigenvalue weighted by Crippen LogP contribution is 2.23. The van der Waals surface area contributed by atoms with Gasteiger partial charge in [0.1, 0.15) is 12.2 Å². The van der Waals surface area contributed by atoms with Gasteiger partial charge in [-0.3, -0.25) is 13.7 Å². The second kappa shape index (κ2) is 6.99. The highest BCUT2D eigenvalue weighted by atomic mass is 32.3. The van der Waals surface area contributed by atoms with Crippen molar-refractivity contribution in [3.63, 3.8) is 0 Å². The van der Waals surface area contributed by atoms with Crippen LogP contribution in [-0.2, 0) is 48.5 Å². The van der Waals surface area contributed by atoms with Crippen molar-refractivity contribution in [3.8, 4) is 0 Å². The van der Waals surface area contributed by atoms with Crippen LogP contribution in [0.1, 0.15) is 6.42 Å². The molecule has 0 spiro atoms. The molecule has 0 aromatic heterocycles. The molecule has 0 radical (unpaired) electrons. The van der Waals surface area contributed by atoms with Gasteiger partial charge in [-0.2, -0.15) is 25.3 Å². The predicted octanol–water partition coefficient (Wildman–Crippen LogP) is -2.03. The van der Waals surface area contributed by atoms with Gasteiger partial charge in [-0.05, 0) is 0 Å². The molecule has 3 unspecified atom stereocenters. The topological polar surface area (TPSA) is 200 Å². The van der Waals surface area contributed by atoms with Gasteiger partial charge in [-0.1, -0.05) is 0 Å². The second-order valence-corrected chi connectivity index (χ2v) is 7.22. The van der Waals surface area contributed by atoms with E-state index in [0.717, 1.165) is 0 Å². The number of hydrogen-bond donors (Lipinski definition) is 3. The summed E-state index contributed by atoms with van der Waals surface area (Å²) in [5, 5.41) is 0. The van der Waals surface area contributed by atoms with Crippen molar-refractivity contribution in [2.75, 3.05) is 13.2 Å². The maximum atomic E-state index is 10.7. The lowest BCUT2D eigenvalue weighted by molar-refractivity contribution is -0.113. The number of hydrogen-bond acceptors (Lipinski definition) is 10. The fourth-order valence-electron chi connectivity index (χ4n) is 1.60. The van der Waals surface area contributed by atoms with Gasteiger partial charge >= 0.3 is 31.2 Å². The van der Waals surface area contributed by atoms with Crippen LogP contribution in [0.25, 0.3) is 0 Å². The molecule has 16 heteroatoms. The molecule has 22 heavy (non-hydrogen) atoms. The molecule has 0 aromatic rings. The molecule has 0 aliphatic carbocycles. The maximum absolute atomic E-state index is 10.7. The Morgan fingerprint density at radius 2 is 1.36 bits per heavy atom. The minimum atomic E-state index is -5.00. The first-order valence-corrected chi connectivity index (χ1v) is 9.39. The van der Waals surface area contributed by atoms with Gasteiger partial charge in [0.25, 0.3) is 0 Å². The summed E-state index contributed by atoms with van der Waals surface area (Å²) in [5.74, 6) is 0. The van der Waals surface area contributed by atoms with Gasteiger partial charge in [0, 0.05) is 6.42 Å². The summed E-state index contributed by atoms with van der Waals surface area (Å²) in [7, 11) is -14.7. The molecule has 13 nitrogen and oxygen atoms in total. The standard InChI is InChI=1S/C6H12O13S3/c7-20(8,9)17-2-4-1-5(18-21(10,11)12)6(3-16-4)19-22(13,14)15/h4-6H,1-3H2,(H,7,8,9)(H,10,11,12)(H,13,14,15). The van der Waals surface area contributed by atoms with E-state index in [9.17, 15) is 25.3 Å². The summed E-state index contributed by atoms with van der Waals surface area (Å²) in [4.78, 5) is 0. The molecule has 1 saturated heterocycles. The van der Waals surface area contributed by atoms with Crippen LogP contribution in [0, 0.1) is 0 Å². The zero-order valence-electron chi connectivity index (χ0n) is 10.5. The van der Waals surface area contributed by atoms with E-state index in [2.05, 4.69) is 12.5 Å². The molecule has 1 aliphatic rings. The van der Waals surface area contributed by atoms with E-state index < -0.39 is 69.1 Å². The minimum absolute atomic E-state index is 0.491. The monoisotopic (exact) mass is 388 g/mol. The Kier molecular flexibility index (Phi) is 6.23. The van der Waals surface area contributed by atoms with E-state index in [1.807, 2.05) is 0 Å². The zero-order valence-corrected chi connectivity index (χ0v) is 13.0. The minimum Gasteiger partial charge on any atom is -0.373 e. The fraction of sp³-hybridized carbons (Fsp3) is 1.00. The highest BCUT2D eigenvalue weighted by molar-refractivity contribution is 7.81. The molecule has 1 aliphatic heterocycles. The van der Waals surface area contributed by atoms with E-state index in [1.165, 1.54) is 0 Å². The highest BCUT2D eigenvalue weighted by Gasteiger charge is 2.38. The van der Waals surface area contributed by atoms with Crippen LogP contribution in [0.5, 0.6) is 0 Å². The van der Waals surface area contributed by atoms with Gasteiger partial charge in [0.15, 0.2) is 0 Å². The molecule has 1 rings (SSSR count). The van der Waals surface area contributed by atoms with Crippen LogP contribution in [0.4, 0.5) is 0 Å². The normalized spacial score (nSPS) is 27.7. The van der Waals surface area contributed by atoms with E-state index in [-0.39, 0.29) is 0 Å². The molecule has 1 heterocycles. The van der Waals surface area contributed by atoms with Crippen molar-refractivity contribution in [1.82, 2.24) is 0 Å². The van der Waals surface area contributed by atoms with Gasteiger partial charge < -0.3 is 4.74 Å². The lowest BCUT2D eigenvalue weighted by Crippen LogP contribution is -2.47. The quantitative estimate of drug-likeness (QED) is 0.403. The lowest BCUT2D eigenvalue weighted by Gasteiger charge is -2.33. The third kappa shape index (κ3) is 8.27. The van der Waals surface area contributed by atoms with Crippen molar-refractivity contribution in [2.45, 2.75) is 24.7 Å². The molecular formula is C6H12O13S3. The van der Waals surface area contributed by atoms with E-state index in [0.29, 0.717) is 0 Å². The molecule has 3 N–H and O–H groups in total. The van der Waals surface area contributed by atoms with Crippen molar-refractivity contribution in [1.29, 1.82) is 0 Å². The predicted molar refractivity (Wildman–Crippen MR) is 64.7 cm³/mol.